The Balaban J connectivity index is 1.79. The standard InChI is InChI=1S/C15H13BrN2O2S2/c16-12-4-1-3-10-11-9-18(7-6-13(11)17-15(10)12)22(19,20)14-5-2-8-21-14/h1-5,8,17H,6-7,9H2. The summed E-state index contributed by atoms with van der Waals surface area (Å²) >= 11 is 4.82. The minimum atomic E-state index is -3.39. The predicted octanol–water partition coefficient (Wildman–Crippen LogP) is 3.74. The summed E-state index contributed by atoms with van der Waals surface area (Å²) in [5, 5.41) is 2.89. The van der Waals surface area contributed by atoms with Crippen molar-refractivity contribution in [1.29, 1.82) is 0 Å². The monoisotopic (exact) mass is 396 g/mol. The van der Waals surface area contributed by atoms with Gasteiger partial charge in [0.25, 0.3) is 10.0 Å². The van der Waals surface area contributed by atoms with Gasteiger partial charge in [-0.05, 0) is 39.0 Å². The van der Waals surface area contributed by atoms with Crippen LogP contribution in [0.3, 0.4) is 0 Å². The number of nitrogens with one attached hydrogen (secondary N) is 1. The lowest BCUT2D eigenvalue weighted by molar-refractivity contribution is 0.392. The number of thiophene rings is 1. The molecule has 0 amide bonds. The van der Waals surface area contributed by atoms with E-state index < -0.39 is 10.0 Å². The molecule has 1 aliphatic rings. The first-order valence-corrected chi connectivity index (χ1v) is 10.0. The Morgan fingerprint density at radius 3 is 2.86 bits per heavy atom. The van der Waals surface area contributed by atoms with Crippen LogP contribution in [-0.4, -0.2) is 24.3 Å². The SMILES string of the molecule is O=S(=O)(c1cccs1)N1CCc2[nH]c3c(Br)cccc3c2C1. The molecule has 0 saturated heterocycles. The predicted molar refractivity (Wildman–Crippen MR) is 91.6 cm³/mol. The van der Waals surface area contributed by atoms with Gasteiger partial charge in [0.15, 0.2) is 0 Å². The molecule has 4 rings (SSSR count). The highest BCUT2D eigenvalue weighted by atomic mass is 79.9. The van der Waals surface area contributed by atoms with Crippen molar-refractivity contribution in [3.8, 4) is 0 Å². The van der Waals surface area contributed by atoms with Crippen LogP contribution in [-0.2, 0) is 23.0 Å². The number of nitrogens with zero attached hydrogens (tertiary/aromatic N) is 1. The fraction of sp³-hybridized carbons (Fsp3) is 0.200. The van der Waals surface area contributed by atoms with Gasteiger partial charge >= 0.3 is 0 Å². The number of aromatic amines is 1. The molecule has 1 aromatic carbocycles. The van der Waals surface area contributed by atoms with Crippen LogP contribution >= 0.6 is 27.3 Å². The highest BCUT2D eigenvalue weighted by Gasteiger charge is 2.30. The van der Waals surface area contributed by atoms with Gasteiger partial charge in [0.05, 0.1) is 5.52 Å². The molecule has 7 heteroatoms. The van der Waals surface area contributed by atoms with Gasteiger partial charge in [0.2, 0.25) is 0 Å². The normalized spacial score (nSPS) is 16.0. The maximum atomic E-state index is 12.7. The van der Waals surface area contributed by atoms with E-state index in [0.717, 1.165) is 26.6 Å². The van der Waals surface area contributed by atoms with Crippen molar-refractivity contribution in [2.45, 2.75) is 17.2 Å². The number of rotatable bonds is 2. The van der Waals surface area contributed by atoms with Crippen LogP contribution in [0.15, 0.2) is 44.4 Å². The van der Waals surface area contributed by atoms with Crippen LogP contribution in [0.25, 0.3) is 10.9 Å². The van der Waals surface area contributed by atoms with E-state index >= 15 is 0 Å². The van der Waals surface area contributed by atoms with Gasteiger partial charge in [0, 0.05) is 35.1 Å². The van der Waals surface area contributed by atoms with E-state index in [-0.39, 0.29) is 0 Å². The third kappa shape index (κ3) is 2.15. The minimum absolute atomic E-state index is 0.414. The third-order valence-electron chi connectivity index (χ3n) is 4.01. The van der Waals surface area contributed by atoms with Gasteiger partial charge in [0.1, 0.15) is 4.21 Å². The Morgan fingerprint density at radius 1 is 1.23 bits per heavy atom. The highest BCUT2D eigenvalue weighted by molar-refractivity contribution is 9.10. The molecule has 114 valence electrons. The maximum Gasteiger partial charge on any atom is 0.252 e. The van der Waals surface area contributed by atoms with E-state index in [1.54, 1.807) is 21.8 Å². The molecule has 0 bridgehead atoms. The Bertz CT molecular complexity index is 945. The summed E-state index contributed by atoms with van der Waals surface area (Å²) in [5.74, 6) is 0. The second-order valence-corrected chi connectivity index (χ2v) is 9.23. The molecule has 3 heterocycles. The first kappa shape index (κ1) is 14.4. The summed E-state index contributed by atoms with van der Waals surface area (Å²) in [7, 11) is -3.39. The summed E-state index contributed by atoms with van der Waals surface area (Å²) in [6.07, 6.45) is 0.709. The Hall–Kier alpha value is -1.15. The van der Waals surface area contributed by atoms with E-state index in [2.05, 4.69) is 20.9 Å². The number of benzene rings is 1. The summed E-state index contributed by atoms with van der Waals surface area (Å²) < 4.78 is 28.4. The molecule has 0 unspecified atom stereocenters. The third-order valence-corrected chi connectivity index (χ3v) is 7.89. The van der Waals surface area contributed by atoms with Gasteiger partial charge in [-0.1, -0.05) is 18.2 Å². The smallest absolute Gasteiger partial charge is 0.252 e. The van der Waals surface area contributed by atoms with Crippen molar-refractivity contribution in [3.05, 3.63) is 51.4 Å². The lowest BCUT2D eigenvalue weighted by atomic mass is 10.1. The van der Waals surface area contributed by atoms with E-state index in [1.807, 2.05) is 18.2 Å². The van der Waals surface area contributed by atoms with Crippen LogP contribution < -0.4 is 0 Å². The fourth-order valence-electron chi connectivity index (χ4n) is 2.92. The van der Waals surface area contributed by atoms with Crippen molar-refractivity contribution in [2.75, 3.05) is 6.54 Å². The molecule has 3 aromatic rings. The molecule has 0 saturated carbocycles. The first-order chi connectivity index (χ1) is 10.6. The first-order valence-electron chi connectivity index (χ1n) is 6.89. The van der Waals surface area contributed by atoms with E-state index in [0.29, 0.717) is 23.7 Å². The molecule has 0 fully saturated rings. The zero-order valence-corrected chi connectivity index (χ0v) is 14.8. The van der Waals surface area contributed by atoms with Crippen LogP contribution in [0.5, 0.6) is 0 Å². The van der Waals surface area contributed by atoms with E-state index in [1.165, 1.54) is 11.3 Å². The highest BCUT2D eigenvalue weighted by Crippen LogP contribution is 2.34. The second-order valence-electron chi connectivity index (χ2n) is 5.27. The number of hydrogen-bond donors (Lipinski definition) is 1. The molecule has 1 N–H and O–H groups in total. The quantitative estimate of drug-likeness (QED) is 0.716. The second kappa shape index (κ2) is 5.19. The Labute approximate surface area is 140 Å². The van der Waals surface area contributed by atoms with Crippen molar-refractivity contribution in [3.63, 3.8) is 0 Å². The molecule has 0 spiro atoms. The summed E-state index contributed by atoms with van der Waals surface area (Å²) in [6, 6.07) is 9.45. The molecular formula is C15H13BrN2O2S2. The molecule has 0 atom stereocenters. The molecule has 4 nitrogen and oxygen atoms in total. The number of para-hydroxylation sites is 1. The Morgan fingerprint density at radius 2 is 2.09 bits per heavy atom. The average Bonchev–Trinajstić information content (AvgIpc) is 3.15. The number of H-pyrrole nitrogens is 1. The molecular weight excluding hydrogens is 384 g/mol. The summed E-state index contributed by atoms with van der Waals surface area (Å²) in [6.45, 7) is 0.934. The van der Waals surface area contributed by atoms with Crippen LogP contribution in [0, 0.1) is 0 Å². The van der Waals surface area contributed by atoms with Crippen LogP contribution in [0.4, 0.5) is 0 Å². The lowest BCUT2D eigenvalue weighted by Gasteiger charge is -2.25. The van der Waals surface area contributed by atoms with Crippen molar-refractivity contribution >= 4 is 48.2 Å². The van der Waals surface area contributed by atoms with Crippen molar-refractivity contribution in [1.82, 2.24) is 9.29 Å². The molecule has 1 aliphatic heterocycles. The lowest BCUT2D eigenvalue weighted by Crippen LogP contribution is -2.35. The number of sulfonamides is 1. The average molecular weight is 397 g/mol. The van der Waals surface area contributed by atoms with E-state index in [4.69, 9.17) is 0 Å². The van der Waals surface area contributed by atoms with E-state index in [9.17, 15) is 8.42 Å². The number of halogens is 1. The molecule has 0 aliphatic carbocycles. The van der Waals surface area contributed by atoms with Gasteiger partial charge in [-0.2, -0.15) is 4.31 Å². The number of hydrogen-bond acceptors (Lipinski definition) is 3. The number of fused-ring (bicyclic) bond motifs is 3. The number of aromatic nitrogens is 1. The van der Waals surface area contributed by atoms with Gasteiger partial charge < -0.3 is 4.98 Å². The summed E-state index contributed by atoms with van der Waals surface area (Å²) in [4.78, 5) is 3.43. The molecule has 22 heavy (non-hydrogen) atoms. The Kier molecular flexibility index (Phi) is 3.41. The summed E-state index contributed by atoms with van der Waals surface area (Å²) in [5.41, 5.74) is 3.27. The topological polar surface area (TPSA) is 53.2 Å². The van der Waals surface area contributed by atoms with Gasteiger partial charge in [-0.15, -0.1) is 11.3 Å². The molecule has 0 radical (unpaired) electrons. The van der Waals surface area contributed by atoms with Gasteiger partial charge in [-0.3, -0.25) is 0 Å². The van der Waals surface area contributed by atoms with Crippen LogP contribution in [0.1, 0.15) is 11.3 Å². The maximum absolute atomic E-state index is 12.7. The van der Waals surface area contributed by atoms with Crippen molar-refractivity contribution in [2.24, 2.45) is 0 Å². The van der Waals surface area contributed by atoms with Crippen LogP contribution in [0.2, 0.25) is 0 Å². The van der Waals surface area contributed by atoms with Gasteiger partial charge in [-0.25, -0.2) is 8.42 Å². The molecule has 2 aromatic heterocycles. The fourth-order valence-corrected chi connectivity index (χ4v) is 5.94. The van der Waals surface area contributed by atoms with Crippen molar-refractivity contribution < 1.29 is 8.42 Å². The minimum Gasteiger partial charge on any atom is -0.357 e. The zero-order chi connectivity index (χ0) is 15.3. The largest absolute Gasteiger partial charge is 0.357 e. The zero-order valence-electron chi connectivity index (χ0n) is 11.5.